The summed E-state index contributed by atoms with van der Waals surface area (Å²) >= 11 is 8.92. The molecule has 0 saturated carbocycles. The summed E-state index contributed by atoms with van der Waals surface area (Å²) < 4.78 is 74.2. The zero-order chi connectivity index (χ0) is 32.8. The Kier molecular flexibility index (Phi) is 7.68. The number of aliphatic hydroxyl groups excluding tert-OH is 1. The largest absolute Gasteiger partial charge is 0.582 e. The topological polar surface area (TPSA) is 263 Å². The number of fused-ring (bicyclic) bond motifs is 4. The van der Waals surface area contributed by atoms with E-state index < -0.39 is 80.4 Å². The third kappa shape index (κ3) is 4.93. The molecule has 0 amide bonds. The van der Waals surface area contributed by atoms with Crippen LogP contribution in [0.15, 0.2) is 23.8 Å². The number of nitrogen functional groups attached to an aromatic ring is 2. The van der Waals surface area contributed by atoms with Crippen molar-refractivity contribution in [3.63, 3.8) is 0 Å². The number of thiol groups is 1. The van der Waals surface area contributed by atoms with Crippen molar-refractivity contribution in [3.8, 4) is 0 Å². The van der Waals surface area contributed by atoms with Crippen LogP contribution in [-0.2, 0) is 39.6 Å². The fourth-order valence-corrected chi connectivity index (χ4v) is 8.86. The molecule has 3 fully saturated rings. The van der Waals surface area contributed by atoms with Gasteiger partial charge < -0.3 is 40.2 Å². The van der Waals surface area contributed by atoms with E-state index in [9.17, 15) is 19.4 Å². The van der Waals surface area contributed by atoms with Gasteiger partial charge in [0.05, 0.1) is 25.9 Å². The number of hydrogen-bond donors (Lipinski definition) is 6. The van der Waals surface area contributed by atoms with Crippen molar-refractivity contribution >= 4 is 71.9 Å². The number of nitrogens with two attached hydrogens (primary N) is 2. The van der Waals surface area contributed by atoms with E-state index in [2.05, 4.69) is 42.2 Å². The van der Waals surface area contributed by atoms with Gasteiger partial charge >= 0.3 is 7.23 Å². The van der Waals surface area contributed by atoms with Gasteiger partial charge in [0.2, 0.25) is 5.95 Å². The van der Waals surface area contributed by atoms with E-state index in [1.165, 1.54) is 17.2 Å². The second-order valence-corrected chi connectivity index (χ2v) is 15.9. The number of anilines is 2. The smallest absolute Gasteiger partial charge is 0.387 e. The summed E-state index contributed by atoms with van der Waals surface area (Å²) in [5.41, 5.74) is 6.89. The van der Waals surface area contributed by atoms with E-state index in [-0.39, 0.29) is 40.7 Å². The Morgan fingerprint density at radius 2 is 1.91 bits per heavy atom. The Morgan fingerprint density at radius 1 is 1.20 bits per heavy atom. The first-order chi connectivity index (χ1) is 21.7. The number of halogens is 2. The second kappa shape index (κ2) is 11.1. The summed E-state index contributed by atoms with van der Waals surface area (Å²) in [6.07, 6.45) is -3.68. The molecule has 25 heteroatoms. The summed E-state index contributed by atoms with van der Waals surface area (Å²) in [7, 11) is -2.60. The summed E-state index contributed by atoms with van der Waals surface area (Å²) in [6, 6.07) is 0. The Balaban J connectivity index is 1.20. The number of alkyl halides is 2. The van der Waals surface area contributed by atoms with Crippen LogP contribution in [0.5, 0.6) is 0 Å². The van der Waals surface area contributed by atoms with Gasteiger partial charge in [0, 0.05) is 0 Å². The molecular weight excluding hydrogens is 700 g/mol. The molecule has 7 rings (SSSR count). The minimum Gasteiger partial charge on any atom is -0.387 e. The molecule has 2 bridgehead atoms. The van der Waals surface area contributed by atoms with E-state index >= 15 is 8.78 Å². The van der Waals surface area contributed by atoms with Gasteiger partial charge in [-0.1, -0.05) is 0 Å². The number of nitrogens with zero attached hydrogens (tertiary/aromatic N) is 7. The molecule has 46 heavy (non-hydrogen) atoms. The van der Waals surface area contributed by atoms with E-state index in [0.717, 1.165) is 10.9 Å². The molecule has 246 valence electrons. The lowest BCUT2D eigenvalue weighted by atomic mass is 10.0. The van der Waals surface area contributed by atoms with Crippen LogP contribution >= 0.6 is 26.0 Å². The highest BCUT2D eigenvalue weighted by Gasteiger charge is 2.67. The first-order valence-electron chi connectivity index (χ1n) is 13.2. The van der Waals surface area contributed by atoms with Gasteiger partial charge in [0.15, 0.2) is 47.7 Å². The lowest BCUT2D eigenvalue weighted by molar-refractivity contribution is -0.182. The number of rotatable bonds is 9. The van der Waals surface area contributed by atoms with Crippen molar-refractivity contribution in [2.24, 2.45) is 0 Å². The number of H-pyrrole nitrogens is 1. The van der Waals surface area contributed by atoms with Crippen molar-refractivity contribution in [2.75, 3.05) is 31.3 Å². The van der Waals surface area contributed by atoms with Gasteiger partial charge in [-0.15, -0.1) is 4.52 Å². The highest BCUT2D eigenvalue weighted by atomic mass is 32.7. The summed E-state index contributed by atoms with van der Waals surface area (Å²) in [5.74, 6) is -4.21. The second-order valence-electron chi connectivity index (χ2n) is 10.7. The maximum atomic E-state index is 16.1. The minimum atomic E-state index is -4.67. The zero-order valence-electron chi connectivity index (χ0n) is 22.9. The lowest BCUT2D eigenvalue weighted by Crippen LogP contribution is -2.46. The molecule has 9 atom stereocenters. The molecule has 3 aliphatic heterocycles. The predicted octanol–water partition coefficient (Wildman–Crippen LogP) is -0.0253. The molecule has 0 spiro atoms. The summed E-state index contributed by atoms with van der Waals surface area (Å²) in [4.78, 5) is 46.3. The van der Waals surface area contributed by atoms with Crippen LogP contribution in [0.2, 0.25) is 0 Å². The van der Waals surface area contributed by atoms with E-state index in [0.29, 0.717) is 0 Å². The van der Waals surface area contributed by atoms with Gasteiger partial charge in [-0.25, -0.2) is 28.7 Å². The van der Waals surface area contributed by atoms with E-state index in [4.69, 9.17) is 46.5 Å². The maximum Gasteiger partial charge on any atom is 0.582 e. The van der Waals surface area contributed by atoms with Crippen LogP contribution in [0.1, 0.15) is 12.5 Å². The Labute approximate surface area is 265 Å². The van der Waals surface area contributed by atoms with Crippen molar-refractivity contribution in [2.45, 2.75) is 48.0 Å². The number of imidazole rings is 2. The molecule has 19 nitrogen and oxygen atoms in total. The average molecular weight is 724 g/mol. The number of aromatic amines is 1. The standard InChI is InChI=1S/C21H22F2N10O9P2S2/c22-21(23)7(1-39-43(36)45)41-18(33-6-29-9-15(33)30-19(25)31-16(9)35)12(21)44(37,46)40-3-20-2-38-10(11(20)34)17(42-20)32-5-28-8-13(24)26-4-27-14(8)32/h4-7,10-12,17-18,34H,1-3H2,(H6-,24,25,26,27,30,31,35,36,37,45,46)/p+1/t7-,10-,11+,12+,17-,18-,20-,44?/m1/s1. The highest BCUT2D eigenvalue weighted by molar-refractivity contribution is 8.39. The van der Waals surface area contributed by atoms with Gasteiger partial charge in [-0.3, -0.25) is 18.9 Å². The molecule has 7 heterocycles. The predicted molar refractivity (Wildman–Crippen MR) is 159 cm³/mol. The molecule has 2 unspecified atom stereocenters. The molecule has 0 radical (unpaired) electrons. The number of aliphatic hydroxyl groups is 1. The van der Waals surface area contributed by atoms with Crippen molar-refractivity contribution in [3.05, 3.63) is 29.3 Å². The Hall–Kier alpha value is -2.82. The van der Waals surface area contributed by atoms with Crippen LogP contribution in [0.3, 0.4) is 0 Å². The normalized spacial score (nSPS) is 32.0. The molecule has 7 N–H and O–H groups in total. The Bertz CT molecular complexity index is 1980. The number of nitrogens with one attached hydrogen (secondary N) is 1. The van der Waals surface area contributed by atoms with Crippen LogP contribution in [0.4, 0.5) is 20.5 Å². The third-order valence-electron chi connectivity index (χ3n) is 7.97. The minimum absolute atomic E-state index is 0.111. The fourth-order valence-electron chi connectivity index (χ4n) is 5.80. The summed E-state index contributed by atoms with van der Waals surface area (Å²) in [6.45, 7) is -6.50. The average Bonchev–Trinajstić information content (AvgIpc) is 3.78. The van der Waals surface area contributed by atoms with Crippen LogP contribution in [0, 0.1) is 0 Å². The summed E-state index contributed by atoms with van der Waals surface area (Å²) in [5, 5.41) is 11.2. The molecule has 0 aromatic carbocycles. The zero-order valence-corrected chi connectivity index (χ0v) is 26.4. The monoisotopic (exact) mass is 723 g/mol. The van der Waals surface area contributed by atoms with Gasteiger partial charge in [0.25, 0.3) is 11.5 Å². The first-order valence-corrected chi connectivity index (χ1v) is 18.2. The molecule has 0 aliphatic carbocycles. The van der Waals surface area contributed by atoms with Gasteiger partial charge in [-0.05, 0) is 16.4 Å². The SMILES string of the molecule is Nc1nc2c(ncn2[C@@H]2O[C@H](CO[P+](=O)S)C(F)(F)[C@H]2P(O)(=S)OC[C@@]23CO[C@@H]([C@H](n4cnc5c(N)ncnc54)O2)[C@@H]3O)c(=O)[nH]1. The molecule has 3 aliphatic rings. The quantitative estimate of drug-likeness (QED) is 0.0978. The lowest BCUT2D eigenvalue weighted by Gasteiger charge is -2.35. The van der Waals surface area contributed by atoms with Crippen LogP contribution < -0.4 is 17.0 Å². The third-order valence-corrected chi connectivity index (χ3v) is 11.5. The van der Waals surface area contributed by atoms with E-state index in [1.807, 2.05) is 0 Å². The van der Waals surface area contributed by atoms with Crippen molar-refractivity contribution < 1.29 is 46.6 Å². The van der Waals surface area contributed by atoms with Crippen LogP contribution in [-0.4, -0.2) is 104 Å². The number of ether oxygens (including phenoxy) is 3. The highest BCUT2D eigenvalue weighted by Crippen LogP contribution is 2.63. The van der Waals surface area contributed by atoms with E-state index in [1.54, 1.807) is 0 Å². The van der Waals surface area contributed by atoms with Crippen LogP contribution in [0.25, 0.3) is 22.3 Å². The molecule has 4 aromatic rings. The number of hydrogen-bond acceptors (Lipinski definition) is 16. The molecule has 4 aromatic heterocycles. The van der Waals surface area contributed by atoms with Crippen molar-refractivity contribution in [1.29, 1.82) is 0 Å². The first kappa shape index (κ1) is 31.8. The van der Waals surface area contributed by atoms with Gasteiger partial charge in [-0.2, -0.15) is 4.98 Å². The maximum absolute atomic E-state index is 16.1. The Morgan fingerprint density at radius 3 is 2.65 bits per heavy atom. The molecule has 3 saturated heterocycles. The number of aromatic nitrogens is 8. The molecular formula is C21H23F2N10O9P2S2+. The van der Waals surface area contributed by atoms with Crippen molar-refractivity contribution in [1.82, 2.24) is 39.0 Å². The van der Waals surface area contributed by atoms with Gasteiger partial charge in [0.1, 0.15) is 54.2 Å². The fraction of sp³-hybridized carbons (Fsp3) is 0.524.